The number of rotatable bonds is 5. The standard InChI is InChI=1S/C9H12FNO3S/c10-8-3-1-4-9(7-8)14-5-2-6-15(11,12)13/h1,3-4,7H,2,5-6H2,(H2,11,12,13). The fraction of sp³-hybridized carbons (Fsp3) is 0.333. The molecule has 15 heavy (non-hydrogen) atoms. The van der Waals surface area contributed by atoms with E-state index in [-0.39, 0.29) is 24.6 Å². The highest BCUT2D eigenvalue weighted by Crippen LogP contribution is 2.11. The quantitative estimate of drug-likeness (QED) is 0.768. The van der Waals surface area contributed by atoms with Crippen LogP contribution in [0.3, 0.4) is 0 Å². The van der Waals surface area contributed by atoms with Crippen molar-refractivity contribution in [3.05, 3.63) is 30.1 Å². The molecule has 0 atom stereocenters. The van der Waals surface area contributed by atoms with Gasteiger partial charge in [0.05, 0.1) is 12.4 Å². The van der Waals surface area contributed by atoms with E-state index >= 15 is 0 Å². The summed E-state index contributed by atoms with van der Waals surface area (Å²) in [5, 5.41) is 4.80. The number of halogens is 1. The summed E-state index contributed by atoms with van der Waals surface area (Å²) in [6, 6.07) is 5.65. The summed E-state index contributed by atoms with van der Waals surface area (Å²) in [5.41, 5.74) is 0. The molecule has 0 aliphatic heterocycles. The fourth-order valence-corrected chi connectivity index (χ4v) is 1.53. The third kappa shape index (κ3) is 5.34. The van der Waals surface area contributed by atoms with Crippen LogP contribution >= 0.6 is 0 Å². The zero-order valence-electron chi connectivity index (χ0n) is 8.02. The predicted octanol–water partition coefficient (Wildman–Crippen LogP) is 0.883. The van der Waals surface area contributed by atoms with E-state index in [0.29, 0.717) is 5.75 Å². The summed E-state index contributed by atoms with van der Waals surface area (Å²) in [5.74, 6) is -0.147. The number of nitrogens with two attached hydrogens (primary N) is 1. The molecule has 0 aliphatic rings. The van der Waals surface area contributed by atoms with Gasteiger partial charge in [-0.3, -0.25) is 0 Å². The molecule has 1 rings (SSSR count). The Morgan fingerprint density at radius 1 is 1.40 bits per heavy atom. The zero-order valence-corrected chi connectivity index (χ0v) is 8.84. The van der Waals surface area contributed by atoms with Crippen LogP contribution < -0.4 is 9.88 Å². The highest BCUT2D eigenvalue weighted by Gasteiger charge is 2.02. The van der Waals surface area contributed by atoms with Crippen LogP contribution in [0.4, 0.5) is 4.39 Å². The Kier molecular flexibility index (Phi) is 4.05. The second-order valence-electron chi connectivity index (χ2n) is 3.03. The van der Waals surface area contributed by atoms with E-state index in [4.69, 9.17) is 9.88 Å². The first-order chi connectivity index (χ1) is 6.97. The van der Waals surface area contributed by atoms with Crippen LogP contribution in [0.1, 0.15) is 6.42 Å². The van der Waals surface area contributed by atoms with E-state index in [9.17, 15) is 12.8 Å². The molecular weight excluding hydrogens is 221 g/mol. The Hall–Kier alpha value is -1.14. The van der Waals surface area contributed by atoms with Gasteiger partial charge >= 0.3 is 0 Å². The molecule has 1 aromatic carbocycles. The molecule has 0 saturated carbocycles. The van der Waals surface area contributed by atoms with E-state index in [1.807, 2.05) is 0 Å². The molecule has 0 aliphatic carbocycles. The average Bonchev–Trinajstić information content (AvgIpc) is 2.11. The van der Waals surface area contributed by atoms with Gasteiger partial charge in [-0.25, -0.2) is 17.9 Å². The van der Waals surface area contributed by atoms with E-state index in [0.717, 1.165) is 0 Å². The summed E-state index contributed by atoms with van der Waals surface area (Å²) < 4.78 is 38.9. The molecule has 0 fully saturated rings. The van der Waals surface area contributed by atoms with Crippen LogP contribution in [0.2, 0.25) is 0 Å². The third-order valence-corrected chi connectivity index (χ3v) is 2.50. The third-order valence-electron chi connectivity index (χ3n) is 1.64. The van der Waals surface area contributed by atoms with Crippen molar-refractivity contribution in [2.24, 2.45) is 5.14 Å². The number of hydrogen-bond donors (Lipinski definition) is 1. The molecule has 0 unspecified atom stereocenters. The smallest absolute Gasteiger partial charge is 0.209 e. The van der Waals surface area contributed by atoms with Gasteiger partial charge in [-0.2, -0.15) is 0 Å². The van der Waals surface area contributed by atoms with Gasteiger partial charge in [0.15, 0.2) is 0 Å². The molecule has 0 aromatic heterocycles. The highest BCUT2D eigenvalue weighted by molar-refractivity contribution is 7.89. The molecule has 6 heteroatoms. The zero-order chi connectivity index (χ0) is 11.3. The molecule has 0 radical (unpaired) electrons. The molecule has 0 heterocycles. The maximum atomic E-state index is 12.7. The maximum absolute atomic E-state index is 12.7. The lowest BCUT2D eigenvalue weighted by Crippen LogP contribution is -2.18. The lowest BCUT2D eigenvalue weighted by atomic mass is 10.3. The van der Waals surface area contributed by atoms with Crippen molar-refractivity contribution in [1.82, 2.24) is 0 Å². The molecule has 2 N–H and O–H groups in total. The van der Waals surface area contributed by atoms with Crippen LogP contribution in [0.25, 0.3) is 0 Å². The van der Waals surface area contributed by atoms with Gasteiger partial charge in [-0.05, 0) is 18.6 Å². The molecule has 0 amide bonds. The van der Waals surface area contributed by atoms with Gasteiger partial charge in [0.2, 0.25) is 10.0 Å². The Morgan fingerprint density at radius 2 is 2.13 bits per heavy atom. The molecular formula is C9H12FNO3S. The van der Waals surface area contributed by atoms with Crippen molar-refractivity contribution in [2.45, 2.75) is 6.42 Å². The van der Waals surface area contributed by atoms with Gasteiger partial charge < -0.3 is 4.74 Å². The Morgan fingerprint density at radius 3 is 2.73 bits per heavy atom. The van der Waals surface area contributed by atoms with E-state index in [2.05, 4.69) is 0 Å². The fourth-order valence-electron chi connectivity index (χ4n) is 1.01. The normalized spacial score (nSPS) is 11.3. The molecule has 0 spiro atoms. The minimum absolute atomic E-state index is 0.137. The first kappa shape index (κ1) is 11.9. The van der Waals surface area contributed by atoms with Crippen molar-refractivity contribution in [3.8, 4) is 5.75 Å². The van der Waals surface area contributed by atoms with Crippen LogP contribution in [-0.2, 0) is 10.0 Å². The summed E-state index contributed by atoms with van der Waals surface area (Å²) in [7, 11) is -3.44. The first-order valence-electron chi connectivity index (χ1n) is 4.36. The van der Waals surface area contributed by atoms with Gasteiger partial charge in [0, 0.05) is 6.07 Å². The van der Waals surface area contributed by atoms with Gasteiger partial charge in [0.25, 0.3) is 0 Å². The van der Waals surface area contributed by atoms with Crippen LogP contribution in [0.15, 0.2) is 24.3 Å². The van der Waals surface area contributed by atoms with Crippen LogP contribution in [0, 0.1) is 5.82 Å². The molecule has 0 saturated heterocycles. The van der Waals surface area contributed by atoms with Gasteiger partial charge in [-0.15, -0.1) is 0 Å². The second-order valence-corrected chi connectivity index (χ2v) is 4.76. The summed E-state index contributed by atoms with van der Waals surface area (Å²) >= 11 is 0. The minimum atomic E-state index is -3.44. The number of hydrogen-bond acceptors (Lipinski definition) is 3. The largest absolute Gasteiger partial charge is 0.493 e. The first-order valence-corrected chi connectivity index (χ1v) is 6.08. The molecule has 0 bridgehead atoms. The van der Waals surface area contributed by atoms with Crippen molar-refractivity contribution < 1.29 is 17.5 Å². The number of primary sulfonamides is 1. The van der Waals surface area contributed by atoms with E-state index in [1.165, 1.54) is 18.2 Å². The number of ether oxygens (including phenoxy) is 1. The summed E-state index contributed by atoms with van der Waals surface area (Å²) in [6.07, 6.45) is 0.287. The minimum Gasteiger partial charge on any atom is -0.493 e. The average molecular weight is 233 g/mol. The molecule has 4 nitrogen and oxygen atoms in total. The summed E-state index contributed by atoms with van der Waals surface area (Å²) in [4.78, 5) is 0. The van der Waals surface area contributed by atoms with Crippen LogP contribution in [-0.4, -0.2) is 20.8 Å². The Labute approximate surface area is 87.9 Å². The van der Waals surface area contributed by atoms with Gasteiger partial charge in [0.1, 0.15) is 11.6 Å². The Balaban J connectivity index is 2.32. The van der Waals surface area contributed by atoms with E-state index in [1.54, 1.807) is 6.07 Å². The van der Waals surface area contributed by atoms with Crippen molar-refractivity contribution in [2.75, 3.05) is 12.4 Å². The monoisotopic (exact) mass is 233 g/mol. The topological polar surface area (TPSA) is 69.4 Å². The lowest BCUT2D eigenvalue weighted by Gasteiger charge is -2.04. The van der Waals surface area contributed by atoms with Gasteiger partial charge in [-0.1, -0.05) is 6.07 Å². The van der Waals surface area contributed by atoms with E-state index < -0.39 is 10.0 Å². The summed E-state index contributed by atoms with van der Waals surface area (Å²) in [6.45, 7) is 0.194. The SMILES string of the molecule is NS(=O)(=O)CCCOc1cccc(F)c1. The number of benzene rings is 1. The molecule has 1 aromatic rings. The highest BCUT2D eigenvalue weighted by atomic mass is 32.2. The molecule has 84 valence electrons. The van der Waals surface area contributed by atoms with Crippen molar-refractivity contribution in [3.63, 3.8) is 0 Å². The second kappa shape index (κ2) is 5.09. The van der Waals surface area contributed by atoms with Crippen molar-refractivity contribution in [1.29, 1.82) is 0 Å². The number of sulfonamides is 1. The lowest BCUT2D eigenvalue weighted by molar-refractivity contribution is 0.316. The maximum Gasteiger partial charge on any atom is 0.209 e. The Bertz CT molecular complexity index is 419. The van der Waals surface area contributed by atoms with Crippen LogP contribution in [0.5, 0.6) is 5.75 Å². The van der Waals surface area contributed by atoms with Crippen molar-refractivity contribution >= 4 is 10.0 Å². The predicted molar refractivity (Wildman–Crippen MR) is 54.5 cm³/mol.